The molecule has 0 spiro atoms. The van der Waals surface area contributed by atoms with Crippen LogP contribution in [0.4, 0.5) is 0 Å². The predicted octanol–water partition coefficient (Wildman–Crippen LogP) is 6.10. The van der Waals surface area contributed by atoms with Gasteiger partial charge in [-0.1, -0.05) is 56.2 Å². The van der Waals surface area contributed by atoms with Crippen LogP contribution in [-0.4, -0.2) is 16.2 Å². The first-order chi connectivity index (χ1) is 11.2. The number of aliphatic carboxylic acids is 1. The molecular weight excluding hydrogens is 288 g/mol. The van der Waals surface area contributed by atoms with Crippen LogP contribution in [0.5, 0.6) is 0 Å². The van der Waals surface area contributed by atoms with E-state index in [2.05, 4.69) is 19.1 Å². The lowest BCUT2D eigenvalue weighted by molar-refractivity contribution is -0.137. The van der Waals surface area contributed by atoms with E-state index in [1.807, 2.05) is 30.4 Å². The summed E-state index contributed by atoms with van der Waals surface area (Å²) in [4.78, 5) is 10.3. The molecule has 130 valence electrons. The summed E-state index contributed by atoms with van der Waals surface area (Å²) in [6.07, 6.45) is 22.9. The van der Waals surface area contributed by atoms with Crippen molar-refractivity contribution in [3.8, 4) is 0 Å². The van der Waals surface area contributed by atoms with E-state index in [1.54, 1.807) is 0 Å². The number of rotatable bonds is 14. The van der Waals surface area contributed by atoms with Crippen LogP contribution in [0.2, 0.25) is 0 Å². The summed E-state index contributed by atoms with van der Waals surface area (Å²) in [5.41, 5.74) is 0. The average Bonchev–Trinajstić information content (AvgIpc) is 2.52. The van der Waals surface area contributed by atoms with Gasteiger partial charge >= 0.3 is 5.97 Å². The highest BCUT2D eigenvalue weighted by atomic mass is 16.4. The summed E-state index contributed by atoms with van der Waals surface area (Å²) >= 11 is 0. The van der Waals surface area contributed by atoms with Crippen LogP contribution in [0.1, 0.15) is 71.1 Å². The van der Waals surface area contributed by atoms with Crippen molar-refractivity contribution in [3.05, 3.63) is 48.3 Å². The summed E-state index contributed by atoms with van der Waals surface area (Å²) in [5, 5.41) is 18.2. The van der Waals surface area contributed by atoms with Crippen LogP contribution in [-0.2, 0) is 4.79 Å². The summed E-state index contributed by atoms with van der Waals surface area (Å²) in [6, 6.07) is 0. The van der Waals surface area contributed by atoms with Gasteiger partial charge in [-0.2, -0.15) is 0 Å². The van der Waals surface area contributed by atoms with Crippen molar-refractivity contribution >= 4 is 5.97 Å². The van der Waals surface area contributed by atoms with Gasteiger partial charge in [-0.3, -0.25) is 4.79 Å². The standard InChI is InChI=1S/C20H32O3/c1-2-3-4-5-10-13-16-19(21)17-14-11-8-6-7-9-12-15-18-20(22)23/h7-11,13,17,21H,2-6,12,14-16,18H2,1H3,(H,22,23)/b9-7+,11-8+,13-10+,19-17-. The summed E-state index contributed by atoms with van der Waals surface area (Å²) < 4.78 is 0. The Labute approximate surface area is 141 Å². The highest BCUT2D eigenvalue weighted by Crippen LogP contribution is 2.04. The Morgan fingerprint density at radius 3 is 2.22 bits per heavy atom. The van der Waals surface area contributed by atoms with Gasteiger partial charge in [0.25, 0.3) is 0 Å². The van der Waals surface area contributed by atoms with E-state index in [4.69, 9.17) is 5.11 Å². The first-order valence-corrected chi connectivity index (χ1v) is 8.71. The third kappa shape index (κ3) is 18.2. The molecule has 0 aromatic carbocycles. The first-order valence-electron chi connectivity index (χ1n) is 8.71. The van der Waals surface area contributed by atoms with E-state index < -0.39 is 5.97 Å². The van der Waals surface area contributed by atoms with Gasteiger partial charge in [0.05, 0.1) is 5.76 Å². The average molecular weight is 320 g/mol. The molecule has 3 heteroatoms. The number of hydrogen-bond donors (Lipinski definition) is 2. The Kier molecular flexibility index (Phi) is 15.3. The van der Waals surface area contributed by atoms with Crippen LogP contribution in [0.15, 0.2) is 48.3 Å². The minimum atomic E-state index is -0.735. The van der Waals surface area contributed by atoms with Gasteiger partial charge in [0.1, 0.15) is 0 Å². The molecule has 3 nitrogen and oxygen atoms in total. The van der Waals surface area contributed by atoms with Crippen molar-refractivity contribution in [2.75, 3.05) is 0 Å². The zero-order chi connectivity index (χ0) is 17.2. The van der Waals surface area contributed by atoms with Gasteiger partial charge < -0.3 is 10.2 Å². The molecule has 0 aromatic heterocycles. The van der Waals surface area contributed by atoms with Gasteiger partial charge in [0.15, 0.2) is 0 Å². The lowest BCUT2D eigenvalue weighted by atomic mass is 10.2. The second-order valence-corrected chi connectivity index (χ2v) is 5.57. The van der Waals surface area contributed by atoms with E-state index in [0.29, 0.717) is 18.6 Å². The van der Waals surface area contributed by atoms with Crippen molar-refractivity contribution < 1.29 is 15.0 Å². The number of hydrogen-bond acceptors (Lipinski definition) is 2. The lowest BCUT2D eigenvalue weighted by Crippen LogP contribution is -1.92. The molecule has 0 aliphatic carbocycles. The number of unbranched alkanes of at least 4 members (excludes halogenated alkanes) is 4. The van der Waals surface area contributed by atoms with Crippen molar-refractivity contribution in [2.24, 2.45) is 0 Å². The zero-order valence-electron chi connectivity index (χ0n) is 14.4. The van der Waals surface area contributed by atoms with E-state index >= 15 is 0 Å². The number of carboxylic acid groups (broad SMARTS) is 1. The third-order valence-corrected chi connectivity index (χ3v) is 3.32. The van der Waals surface area contributed by atoms with Crippen LogP contribution in [0, 0.1) is 0 Å². The van der Waals surface area contributed by atoms with E-state index in [0.717, 1.165) is 25.7 Å². The Balaban J connectivity index is 3.62. The zero-order valence-corrected chi connectivity index (χ0v) is 14.4. The summed E-state index contributed by atoms with van der Waals surface area (Å²) in [6.45, 7) is 2.20. The molecule has 0 amide bonds. The monoisotopic (exact) mass is 320 g/mol. The van der Waals surface area contributed by atoms with Crippen LogP contribution < -0.4 is 0 Å². The molecule has 0 bridgehead atoms. The number of carbonyl (C=O) groups is 1. The molecule has 0 fully saturated rings. The molecule has 0 radical (unpaired) electrons. The highest BCUT2D eigenvalue weighted by Gasteiger charge is 1.92. The molecular formula is C20H32O3. The minimum absolute atomic E-state index is 0.233. The van der Waals surface area contributed by atoms with Crippen molar-refractivity contribution in [1.82, 2.24) is 0 Å². The molecule has 0 atom stereocenters. The van der Waals surface area contributed by atoms with Crippen LogP contribution in [0.3, 0.4) is 0 Å². The fraction of sp³-hybridized carbons (Fsp3) is 0.550. The van der Waals surface area contributed by atoms with Crippen LogP contribution >= 0.6 is 0 Å². The Bertz CT molecular complexity index is 403. The first kappa shape index (κ1) is 21.2. The summed E-state index contributed by atoms with van der Waals surface area (Å²) in [5.74, 6) is -0.314. The van der Waals surface area contributed by atoms with Gasteiger partial charge in [-0.05, 0) is 44.6 Å². The SMILES string of the molecule is CCCCC/C=C/C/C(O)=C/C/C=C/C/C=C/CCCC(=O)O. The molecule has 2 N–H and O–H groups in total. The van der Waals surface area contributed by atoms with Gasteiger partial charge in [0.2, 0.25) is 0 Å². The van der Waals surface area contributed by atoms with Crippen molar-refractivity contribution in [1.29, 1.82) is 0 Å². The van der Waals surface area contributed by atoms with Crippen molar-refractivity contribution in [3.63, 3.8) is 0 Å². The second-order valence-electron chi connectivity index (χ2n) is 5.57. The third-order valence-electron chi connectivity index (χ3n) is 3.32. The Hall–Kier alpha value is -1.77. The number of allylic oxidation sites excluding steroid dienone is 7. The maximum Gasteiger partial charge on any atom is 0.303 e. The molecule has 0 aromatic rings. The van der Waals surface area contributed by atoms with E-state index in [9.17, 15) is 9.90 Å². The Morgan fingerprint density at radius 2 is 1.48 bits per heavy atom. The fourth-order valence-corrected chi connectivity index (χ4v) is 1.98. The van der Waals surface area contributed by atoms with E-state index in [1.165, 1.54) is 19.3 Å². The second kappa shape index (κ2) is 16.6. The molecule has 0 saturated heterocycles. The smallest absolute Gasteiger partial charge is 0.303 e. The summed E-state index contributed by atoms with van der Waals surface area (Å²) in [7, 11) is 0. The lowest BCUT2D eigenvalue weighted by Gasteiger charge is -1.94. The molecule has 0 aliphatic heterocycles. The number of aliphatic hydroxyl groups excluding tert-OH is 1. The minimum Gasteiger partial charge on any atom is -0.512 e. The largest absolute Gasteiger partial charge is 0.512 e. The highest BCUT2D eigenvalue weighted by molar-refractivity contribution is 5.66. The maximum atomic E-state index is 10.3. The van der Waals surface area contributed by atoms with Gasteiger partial charge in [-0.25, -0.2) is 0 Å². The normalized spacial score (nSPS) is 12.8. The quantitative estimate of drug-likeness (QED) is 0.231. The topological polar surface area (TPSA) is 57.5 Å². The predicted molar refractivity (Wildman–Crippen MR) is 97.6 cm³/mol. The molecule has 0 aliphatic rings. The maximum absolute atomic E-state index is 10.3. The number of aliphatic hydroxyl groups is 1. The Morgan fingerprint density at radius 1 is 0.826 bits per heavy atom. The molecule has 0 saturated carbocycles. The fourth-order valence-electron chi connectivity index (χ4n) is 1.98. The van der Waals surface area contributed by atoms with Crippen molar-refractivity contribution in [2.45, 2.75) is 71.1 Å². The molecule has 23 heavy (non-hydrogen) atoms. The molecule has 0 heterocycles. The van der Waals surface area contributed by atoms with Gasteiger partial charge in [0, 0.05) is 12.8 Å². The van der Waals surface area contributed by atoms with Gasteiger partial charge in [-0.15, -0.1) is 0 Å². The number of carboxylic acids is 1. The molecule has 0 unspecified atom stereocenters. The van der Waals surface area contributed by atoms with E-state index in [-0.39, 0.29) is 6.42 Å². The molecule has 0 rings (SSSR count). The van der Waals surface area contributed by atoms with Crippen LogP contribution in [0.25, 0.3) is 0 Å².